The number of alkyl carbamates (subject to hydrolysis) is 1. The Morgan fingerprint density at radius 3 is 2.29 bits per heavy atom. The van der Waals surface area contributed by atoms with Crippen LogP contribution in [-0.2, 0) is 79.2 Å². The summed E-state index contributed by atoms with van der Waals surface area (Å²) in [7, 11) is -3.54. The average Bonchev–Trinajstić information content (AvgIpc) is 1.04. The number of hydrogen-bond acceptors (Lipinski definition) is 23. The molecule has 7 aliphatic rings. The molecule has 4 bridgehead atoms. The fraction of sp³-hybridized carbons (Fsp3) is 0.479. The van der Waals surface area contributed by atoms with Crippen LogP contribution in [0.1, 0.15) is 128 Å². The highest BCUT2D eigenvalue weighted by molar-refractivity contribution is 7.85. The number of anilines is 3. The molecule has 570 valence electrons. The van der Waals surface area contributed by atoms with E-state index >= 15 is 0 Å². The molecular formula is C73H85N11O21S2. The number of ether oxygens (including phenoxy) is 4. The number of aliphatic hydroxyl groups excluding tert-OH is 3. The third kappa shape index (κ3) is 17.6. The molecule has 8 atom stereocenters. The number of aromatic nitrogens is 4. The molecule has 34 heteroatoms. The van der Waals surface area contributed by atoms with E-state index in [0.717, 1.165) is 64.0 Å². The Hall–Kier alpha value is -9.81. The number of likely N-dealkylation sites (N-methyl/N-ethyl adjacent to an activating group) is 1. The number of hydrogen-bond donors (Lipinski definition) is 10. The number of carboxylic acid groups (broad SMARTS) is 2. The quantitative estimate of drug-likeness (QED) is 0.0154. The lowest BCUT2D eigenvalue weighted by Gasteiger charge is -2.69. The van der Waals surface area contributed by atoms with Gasteiger partial charge in [0, 0.05) is 93.7 Å². The number of carbonyl (C=O) groups excluding carboxylic acids is 7. The first-order valence-corrected chi connectivity index (χ1v) is 37.6. The number of aliphatic carboxylic acids is 1. The van der Waals surface area contributed by atoms with Crippen LogP contribution in [0, 0.1) is 23.2 Å². The maximum atomic E-state index is 14.1. The normalized spacial score (nSPS) is 24.6. The number of carbonyl (C=O) groups is 9. The molecule has 107 heavy (non-hydrogen) atoms. The summed E-state index contributed by atoms with van der Waals surface area (Å²) in [4.78, 5) is 130. The minimum Gasteiger partial charge on any atom is -0.479 e. The van der Waals surface area contributed by atoms with Gasteiger partial charge in [0.1, 0.15) is 48.3 Å². The number of aromatic carboxylic acids is 1. The van der Waals surface area contributed by atoms with E-state index in [-0.39, 0.29) is 83.9 Å². The lowest BCUT2D eigenvalue weighted by Crippen LogP contribution is -2.64. The second kappa shape index (κ2) is 31.2. The van der Waals surface area contributed by atoms with Crippen molar-refractivity contribution in [2.75, 3.05) is 61.1 Å². The van der Waals surface area contributed by atoms with Gasteiger partial charge in [0.15, 0.2) is 16.9 Å². The SMILES string of the molecule is Cc1c(-c2ccc(N3CCc4cccc(C(=O)Nc5nc6ccccc6s5)c4C3)nc2C(=O)O)cnn1CC12CC3(C)CC(C)(C1)CC(OCCN(C)C(=O)[C@H](CS(=O)(=O)O)NC(=O)OCc1ccc(O[C@@H]4O[C@H](C(=O)O)[C@@H](O)[C@H](O)[C@@H]4O)c(NC(=O)CCNC(=O)CCCCCN4C(=O)C=CC4=O)c1)(C3)C2. The molecule has 7 amide bonds. The van der Waals surface area contributed by atoms with Crippen LogP contribution in [0.15, 0.2) is 91.1 Å². The Balaban J connectivity index is 0.664. The number of aliphatic hydroxyl groups is 3. The summed E-state index contributed by atoms with van der Waals surface area (Å²) in [6.45, 7) is 7.14. The highest BCUT2D eigenvalue weighted by atomic mass is 32.2. The first-order valence-electron chi connectivity index (χ1n) is 35.2. The van der Waals surface area contributed by atoms with Crippen molar-refractivity contribution in [1.29, 1.82) is 0 Å². The Bertz CT molecular complexity index is 4570. The molecular weight excluding hydrogens is 1430 g/mol. The van der Waals surface area contributed by atoms with Gasteiger partial charge in [-0.15, -0.1) is 0 Å². The Morgan fingerprint density at radius 2 is 1.57 bits per heavy atom. The number of pyridine rings is 1. The van der Waals surface area contributed by atoms with Crippen molar-refractivity contribution in [3.63, 3.8) is 0 Å². The van der Waals surface area contributed by atoms with E-state index in [0.29, 0.717) is 79.4 Å². The number of rotatable bonds is 30. The van der Waals surface area contributed by atoms with Crippen molar-refractivity contribution < 1.29 is 101 Å². The number of nitrogens with one attached hydrogen (secondary N) is 4. The second-order valence-electron chi connectivity index (χ2n) is 29.5. The van der Waals surface area contributed by atoms with Gasteiger partial charge in [-0.2, -0.15) is 13.5 Å². The summed E-state index contributed by atoms with van der Waals surface area (Å²) in [5, 5.41) is 67.6. The summed E-state index contributed by atoms with van der Waals surface area (Å²) in [5.74, 6) is -7.13. The summed E-state index contributed by atoms with van der Waals surface area (Å²) >= 11 is 1.39. The first kappa shape index (κ1) is 76.8. The number of nitrogens with zero attached hydrogens (tertiary/aromatic N) is 7. The van der Waals surface area contributed by atoms with Crippen molar-refractivity contribution in [3.8, 4) is 16.9 Å². The van der Waals surface area contributed by atoms with Gasteiger partial charge in [-0.05, 0) is 140 Å². The van der Waals surface area contributed by atoms with Crippen LogP contribution in [0.4, 0.5) is 21.4 Å². The predicted octanol–water partition coefficient (Wildman–Crippen LogP) is 5.35. The zero-order chi connectivity index (χ0) is 76.5. The van der Waals surface area contributed by atoms with E-state index in [2.05, 4.69) is 40.1 Å². The average molecular weight is 1520 g/mol. The van der Waals surface area contributed by atoms with E-state index in [4.69, 9.17) is 29.0 Å². The molecule has 3 aliphatic heterocycles. The zero-order valence-corrected chi connectivity index (χ0v) is 60.9. The number of para-hydroxylation sites is 1. The highest BCUT2D eigenvalue weighted by Crippen LogP contribution is 2.72. The van der Waals surface area contributed by atoms with E-state index in [1.165, 1.54) is 53.6 Å². The molecule has 3 aromatic heterocycles. The molecule has 6 heterocycles. The van der Waals surface area contributed by atoms with Crippen LogP contribution in [-0.4, -0.2) is 209 Å². The van der Waals surface area contributed by atoms with Gasteiger partial charge in [-0.3, -0.25) is 48.2 Å². The molecule has 10 N–H and O–H groups in total. The molecule has 0 radical (unpaired) electrons. The van der Waals surface area contributed by atoms with Crippen LogP contribution in [0.5, 0.6) is 5.75 Å². The van der Waals surface area contributed by atoms with Gasteiger partial charge in [0.05, 0.1) is 34.3 Å². The lowest BCUT2D eigenvalue weighted by molar-refractivity contribution is -0.271. The fourth-order valence-electron chi connectivity index (χ4n) is 17.1. The topological polar surface area (TPSA) is 448 Å². The van der Waals surface area contributed by atoms with Crippen LogP contribution < -0.4 is 30.9 Å². The number of thiazole rings is 1. The van der Waals surface area contributed by atoms with Gasteiger partial charge >= 0.3 is 18.0 Å². The van der Waals surface area contributed by atoms with Crippen molar-refractivity contribution in [2.24, 2.45) is 16.2 Å². The van der Waals surface area contributed by atoms with Crippen LogP contribution in [0.3, 0.4) is 0 Å². The van der Waals surface area contributed by atoms with Gasteiger partial charge in [-0.25, -0.2) is 24.4 Å². The van der Waals surface area contributed by atoms with E-state index in [1.807, 2.05) is 52.9 Å². The van der Waals surface area contributed by atoms with Crippen molar-refractivity contribution in [3.05, 3.63) is 125 Å². The minimum absolute atomic E-state index is 0.00131. The number of fused-ring (bicyclic) bond motifs is 2. The molecule has 4 saturated carbocycles. The number of imide groups is 1. The number of carboxylic acids is 2. The summed E-state index contributed by atoms with van der Waals surface area (Å²) in [6.07, 6.45) is -0.836. The van der Waals surface area contributed by atoms with E-state index < -0.39 is 112 Å². The summed E-state index contributed by atoms with van der Waals surface area (Å²) in [6, 6.07) is 18.7. The summed E-state index contributed by atoms with van der Waals surface area (Å²) < 4.78 is 61.1. The second-order valence-corrected chi connectivity index (χ2v) is 32.1. The molecule has 13 rings (SSSR count). The fourth-order valence-corrected chi connectivity index (χ4v) is 18.6. The first-order chi connectivity index (χ1) is 50.8. The van der Waals surface area contributed by atoms with Gasteiger partial charge in [0.2, 0.25) is 24.0 Å². The van der Waals surface area contributed by atoms with Crippen molar-refractivity contribution >= 4 is 102 Å². The van der Waals surface area contributed by atoms with E-state index in [9.17, 15) is 81.7 Å². The van der Waals surface area contributed by atoms with Gasteiger partial charge in [0.25, 0.3) is 27.8 Å². The van der Waals surface area contributed by atoms with Gasteiger partial charge < -0.3 is 70.2 Å². The molecule has 6 aromatic rings. The molecule has 3 aromatic carbocycles. The maximum Gasteiger partial charge on any atom is 0.408 e. The Morgan fingerprint density at radius 1 is 0.822 bits per heavy atom. The lowest BCUT2D eigenvalue weighted by atomic mass is 9.39. The van der Waals surface area contributed by atoms with Crippen LogP contribution >= 0.6 is 11.3 Å². The minimum atomic E-state index is -4.93. The highest BCUT2D eigenvalue weighted by Gasteiger charge is 2.66. The largest absolute Gasteiger partial charge is 0.479 e. The molecule has 0 spiro atoms. The van der Waals surface area contributed by atoms with Gasteiger partial charge in [-0.1, -0.05) is 61.9 Å². The molecule has 32 nitrogen and oxygen atoms in total. The Kier molecular flexibility index (Phi) is 22.4. The van der Waals surface area contributed by atoms with Crippen molar-refractivity contribution in [1.82, 2.24) is 40.2 Å². The van der Waals surface area contributed by atoms with Crippen LogP contribution in [0.2, 0.25) is 0 Å². The third-order valence-corrected chi connectivity index (χ3v) is 22.5. The smallest absolute Gasteiger partial charge is 0.408 e. The van der Waals surface area contributed by atoms with E-state index in [1.54, 1.807) is 24.4 Å². The third-order valence-electron chi connectivity index (χ3n) is 20.8. The zero-order valence-electron chi connectivity index (χ0n) is 59.2. The molecule has 2 unspecified atom stereocenters. The molecule has 1 saturated heterocycles. The maximum absolute atomic E-state index is 14.1. The predicted molar refractivity (Wildman–Crippen MR) is 384 cm³/mol. The number of benzene rings is 3. The number of unbranched alkanes of at least 4 members (excludes halogenated alkanes) is 2. The molecule has 4 aliphatic carbocycles. The monoisotopic (exact) mass is 1520 g/mol. The Labute approximate surface area is 618 Å². The summed E-state index contributed by atoms with van der Waals surface area (Å²) in [5.41, 5.74) is 3.37. The molecule has 5 fully saturated rings. The number of amides is 7. The van der Waals surface area contributed by atoms with Crippen molar-refractivity contribution in [2.45, 2.75) is 160 Å². The van der Waals surface area contributed by atoms with Crippen LogP contribution in [0.25, 0.3) is 21.3 Å². The standard InChI is InChI=1S/C73H85N11O21S2/c1-41-46(44-17-19-53(79-58(44)65(94)95)82-26-23-43-11-10-12-45(47(43)31-82)63(92)80-68-77-48-13-7-8-14-52(48)106-68)30-75-84(41)40-72-35-70(2)34-71(3,36-72)38-73(37-70,39-72)103-28-27-81(4)64(93)50(33-107(99,100)101)78-69(98)102-32-42-16-18-51(104-67-61(91)59(89)60(90)62(105-67)66(96)97)49(29-42)76-55(86)22-24-74-54(85)15-6-5-9-25-83-56(87)20-21-57(83)88/h7-8,10-14,16-21,29-30,50,59-62,67,89-91H,5-6,9,15,22-28,31-40H2,1-4H3,(H,74,85)(H,76,86)(H,78,98)(H,94,95)(H,96,97)(H,77,80,92)(H,99,100,101)/t50-,59-,60-,61-,62-,67+,70?,71?,72?,73?/m0/s1.